The first-order chi connectivity index (χ1) is 10.6. The summed E-state index contributed by atoms with van der Waals surface area (Å²) in [5, 5.41) is 8.52. The molecule has 0 spiro atoms. The van der Waals surface area contributed by atoms with E-state index >= 15 is 0 Å². The lowest BCUT2D eigenvalue weighted by Gasteiger charge is -1.98. The second-order valence-electron chi connectivity index (χ2n) is 6.10. The molecule has 0 saturated carbocycles. The Labute approximate surface area is 133 Å². The van der Waals surface area contributed by atoms with E-state index in [0.717, 1.165) is 51.4 Å². The molecule has 1 fully saturated rings. The van der Waals surface area contributed by atoms with Crippen molar-refractivity contribution in [1.82, 2.24) is 0 Å². The number of ketones is 1. The van der Waals surface area contributed by atoms with E-state index in [1.54, 1.807) is 6.08 Å². The molecule has 2 unspecified atom stereocenters. The lowest BCUT2D eigenvalue weighted by molar-refractivity contribution is -0.137. The van der Waals surface area contributed by atoms with E-state index < -0.39 is 5.97 Å². The highest BCUT2D eigenvalue weighted by atomic mass is 16.6. The number of carboxylic acid groups (broad SMARTS) is 1. The Hall–Kier alpha value is -1.16. The average Bonchev–Trinajstić information content (AvgIpc) is 3.25. The van der Waals surface area contributed by atoms with Crippen LogP contribution in [0.4, 0.5) is 0 Å². The fourth-order valence-corrected chi connectivity index (χ4v) is 2.57. The van der Waals surface area contributed by atoms with Crippen LogP contribution in [-0.4, -0.2) is 29.1 Å². The first-order valence-corrected chi connectivity index (χ1v) is 8.72. The highest BCUT2D eigenvalue weighted by Gasteiger charge is 2.42. The number of ether oxygens (including phenoxy) is 1. The van der Waals surface area contributed by atoms with Gasteiger partial charge in [0, 0.05) is 6.42 Å². The van der Waals surface area contributed by atoms with Crippen LogP contribution in [-0.2, 0) is 14.3 Å². The largest absolute Gasteiger partial charge is 0.481 e. The van der Waals surface area contributed by atoms with E-state index in [9.17, 15) is 9.59 Å². The number of aliphatic carboxylic acids is 1. The van der Waals surface area contributed by atoms with Crippen LogP contribution in [0.5, 0.6) is 0 Å². The van der Waals surface area contributed by atoms with E-state index in [2.05, 4.69) is 6.92 Å². The zero-order chi connectivity index (χ0) is 16.2. The van der Waals surface area contributed by atoms with Crippen LogP contribution in [0.2, 0.25) is 0 Å². The SMILES string of the molecule is CCCCCC1OC1C(=O)/C=C/CCCCCCCC(=O)O. The summed E-state index contributed by atoms with van der Waals surface area (Å²) in [6.45, 7) is 2.17. The van der Waals surface area contributed by atoms with Crippen LogP contribution in [0.1, 0.15) is 77.6 Å². The molecule has 1 rings (SSSR count). The van der Waals surface area contributed by atoms with E-state index in [-0.39, 0.29) is 24.4 Å². The molecular weight excluding hydrogens is 280 g/mol. The summed E-state index contributed by atoms with van der Waals surface area (Å²) in [5.74, 6) is -0.598. The number of hydrogen-bond acceptors (Lipinski definition) is 3. The summed E-state index contributed by atoms with van der Waals surface area (Å²) in [5.41, 5.74) is 0. The van der Waals surface area contributed by atoms with Gasteiger partial charge < -0.3 is 9.84 Å². The smallest absolute Gasteiger partial charge is 0.303 e. The molecule has 2 atom stereocenters. The van der Waals surface area contributed by atoms with Crippen LogP contribution >= 0.6 is 0 Å². The number of rotatable bonds is 14. The van der Waals surface area contributed by atoms with Crippen molar-refractivity contribution in [2.24, 2.45) is 0 Å². The summed E-state index contributed by atoms with van der Waals surface area (Å²) in [6, 6.07) is 0. The predicted molar refractivity (Wildman–Crippen MR) is 86.9 cm³/mol. The first-order valence-electron chi connectivity index (χ1n) is 8.72. The molecule has 1 heterocycles. The number of allylic oxidation sites excluding steroid dienone is 1. The average molecular weight is 310 g/mol. The molecule has 126 valence electrons. The molecule has 1 saturated heterocycles. The molecule has 22 heavy (non-hydrogen) atoms. The van der Waals surface area contributed by atoms with Crippen LogP contribution in [0, 0.1) is 0 Å². The maximum atomic E-state index is 11.8. The molecule has 0 amide bonds. The van der Waals surface area contributed by atoms with Gasteiger partial charge in [-0.05, 0) is 31.8 Å². The third-order valence-corrected chi connectivity index (χ3v) is 4.00. The number of epoxide rings is 1. The topological polar surface area (TPSA) is 66.9 Å². The summed E-state index contributed by atoms with van der Waals surface area (Å²) in [6.07, 6.45) is 14.3. The molecule has 0 aromatic carbocycles. The Balaban J connectivity index is 1.93. The van der Waals surface area contributed by atoms with Gasteiger partial charge in [0.05, 0.1) is 6.10 Å². The Morgan fingerprint density at radius 3 is 2.50 bits per heavy atom. The van der Waals surface area contributed by atoms with Gasteiger partial charge >= 0.3 is 5.97 Å². The minimum atomic E-state index is -0.711. The van der Waals surface area contributed by atoms with Gasteiger partial charge in [-0.25, -0.2) is 0 Å². The van der Waals surface area contributed by atoms with E-state index in [1.165, 1.54) is 12.8 Å². The quantitative estimate of drug-likeness (QED) is 0.295. The summed E-state index contributed by atoms with van der Waals surface area (Å²) < 4.78 is 5.42. The number of carbonyl (C=O) groups excluding carboxylic acids is 1. The summed E-state index contributed by atoms with van der Waals surface area (Å²) in [4.78, 5) is 22.2. The van der Waals surface area contributed by atoms with Crippen molar-refractivity contribution >= 4 is 11.8 Å². The Morgan fingerprint density at radius 1 is 1.05 bits per heavy atom. The Kier molecular flexibility index (Phi) is 9.80. The maximum absolute atomic E-state index is 11.8. The van der Waals surface area contributed by atoms with Crippen molar-refractivity contribution in [1.29, 1.82) is 0 Å². The minimum Gasteiger partial charge on any atom is -0.481 e. The first kappa shape index (κ1) is 18.9. The second-order valence-corrected chi connectivity index (χ2v) is 6.10. The van der Waals surface area contributed by atoms with Gasteiger partial charge in [0.15, 0.2) is 5.78 Å². The minimum absolute atomic E-state index is 0.114. The molecule has 4 heteroatoms. The van der Waals surface area contributed by atoms with Gasteiger partial charge in [0.1, 0.15) is 6.10 Å². The third kappa shape index (κ3) is 8.98. The standard InChI is InChI=1S/C18H30O4/c1-2-3-9-13-16-18(22-16)15(19)12-10-7-5-4-6-8-11-14-17(20)21/h10,12,16,18H,2-9,11,13-14H2,1H3,(H,20,21)/b12-10+. The van der Waals surface area contributed by atoms with E-state index in [1.807, 2.05) is 6.08 Å². The van der Waals surface area contributed by atoms with Crippen molar-refractivity contribution in [3.63, 3.8) is 0 Å². The highest BCUT2D eigenvalue weighted by Crippen LogP contribution is 2.28. The predicted octanol–water partition coefficient (Wildman–Crippen LogP) is 4.27. The monoisotopic (exact) mass is 310 g/mol. The summed E-state index contributed by atoms with van der Waals surface area (Å²) >= 11 is 0. The van der Waals surface area contributed by atoms with E-state index in [0.29, 0.717) is 0 Å². The van der Waals surface area contributed by atoms with Crippen LogP contribution in [0.3, 0.4) is 0 Å². The number of carbonyl (C=O) groups is 2. The zero-order valence-electron chi connectivity index (χ0n) is 13.8. The lowest BCUT2D eigenvalue weighted by Crippen LogP contribution is -2.06. The van der Waals surface area contributed by atoms with Crippen LogP contribution in [0.15, 0.2) is 12.2 Å². The fourth-order valence-electron chi connectivity index (χ4n) is 2.57. The molecule has 1 aliphatic rings. The van der Waals surface area contributed by atoms with Crippen molar-refractivity contribution in [3.8, 4) is 0 Å². The van der Waals surface area contributed by atoms with Crippen molar-refractivity contribution in [2.45, 2.75) is 89.8 Å². The van der Waals surface area contributed by atoms with Gasteiger partial charge in [0.2, 0.25) is 0 Å². The van der Waals surface area contributed by atoms with Crippen molar-refractivity contribution < 1.29 is 19.4 Å². The number of hydrogen-bond donors (Lipinski definition) is 1. The molecule has 0 bridgehead atoms. The molecular formula is C18H30O4. The summed E-state index contributed by atoms with van der Waals surface area (Å²) in [7, 11) is 0. The van der Waals surface area contributed by atoms with Gasteiger partial charge in [-0.1, -0.05) is 51.5 Å². The number of carboxylic acids is 1. The second kappa shape index (κ2) is 11.4. The van der Waals surface area contributed by atoms with Gasteiger partial charge in [-0.3, -0.25) is 9.59 Å². The van der Waals surface area contributed by atoms with Crippen LogP contribution in [0.25, 0.3) is 0 Å². The van der Waals surface area contributed by atoms with Crippen molar-refractivity contribution in [3.05, 3.63) is 12.2 Å². The molecule has 0 aromatic heterocycles. The Bertz CT molecular complexity index is 362. The molecule has 0 radical (unpaired) electrons. The van der Waals surface area contributed by atoms with Crippen molar-refractivity contribution in [2.75, 3.05) is 0 Å². The maximum Gasteiger partial charge on any atom is 0.303 e. The molecule has 0 aliphatic carbocycles. The van der Waals surface area contributed by atoms with Gasteiger partial charge in [0.25, 0.3) is 0 Å². The van der Waals surface area contributed by atoms with E-state index in [4.69, 9.17) is 9.84 Å². The lowest BCUT2D eigenvalue weighted by atomic mass is 10.1. The highest BCUT2D eigenvalue weighted by molar-refractivity contribution is 5.95. The molecule has 0 aromatic rings. The molecule has 4 nitrogen and oxygen atoms in total. The normalized spacial score (nSPS) is 20.4. The molecule has 1 aliphatic heterocycles. The van der Waals surface area contributed by atoms with Gasteiger partial charge in [-0.2, -0.15) is 0 Å². The number of unbranched alkanes of at least 4 members (excludes halogenated alkanes) is 7. The Morgan fingerprint density at radius 2 is 1.77 bits per heavy atom. The van der Waals surface area contributed by atoms with Crippen LogP contribution < -0.4 is 0 Å². The van der Waals surface area contributed by atoms with Gasteiger partial charge in [-0.15, -0.1) is 0 Å². The fraction of sp³-hybridized carbons (Fsp3) is 0.778. The third-order valence-electron chi connectivity index (χ3n) is 4.00. The zero-order valence-corrected chi connectivity index (χ0v) is 13.8. The molecule has 1 N–H and O–H groups in total.